The third-order valence-corrected chi connectivity index (χ3v) is 5.27. The second-order valence-corrected chi connectivity index (χ2v) is 7.36. The highest BCUT2D eigenvalue weighted by molar-refractivity contribution is 4.78. The molecular weight excluding hydrogens is 272 g/mol. The van der Waals surface area contributed by atoms with Crippen LogP contribution in [0.25, 0.3) is 0 Å². The van der Waals surface area contributed by atoms with Crippen molar-refractivity contribution in [3.05, 3.63) is 0 Å². The highest BCUT2D eigenvalue weighted by atomic mass is 15.2. The highest BCUT2D eigenvalue weighted by Crippen LogP contribution is 2.12. The molecule has 2 aliphatic heterocycles. The van der Waals surface area contributed by atoms with Crippen LogP contribution >= 0.6 is 0 Å². The molecule has 0 saturated carbocycles. The first kappa shape index (κ1) is 18.2. The normalized spacial score (nSPS) is 22.5. The topological polar surface area (TPSA) is 30.5 Å². The molecule has 0 bridgehead atoms. The monoisotopic (exact) mass is 310 g/mol. The van der Waals surface area contributed by atoms with Gasteiger partial charge in [0.1, 0.15) is 0 Å². The Morgan fingerprint density at radius 1 is 0.909 bits per heavy atom. The van der Waals surface area contributed by atoms with Crippen molar-refractivity contribution in [2.45, 2.75) is 64.5 Å². The van der Waals surface area contributed by atoms with Crippen LogP contribution in [0.1, 0.15) is 52.4 Å². The number of nitrogens with zero attached hydrogens (tertiary/aromatic N) is 2. The predicted octanol–water partition coefficient (Wildman–Crippen LogP) is 1.91. The van der Waals surface area contributed by atoms with Gasteiger partial charge in [0.15, 0.2) is 0 Å². The van der Waals surface area contributed by atoms with E-state index in [1.165, 1.54) is 77.8 Å². The molecule has 0 amide bonds. The zero-order chi connectivity index (χ0) is 15.6. The molecule has 130 valence electrons. The Bertz CT molecular complexity index is 268. The van der Waals surface area contributed by atoms with Crippen LogP contribution in [0.4, 0.5) is 0 Å². The van der Waals surface area contributed by atoms with E-state index in [4.69, 9.17) is 0 Å². The summed E-state index contributed by atoms with van der Waals surface area (Å²) < 4.78 is 0. The van der Waals surface area contributed by atoms with Gasteiger partial charge in [-0.05, 0) is 85.2 Å². The van der Waals surface area contributed by atoms with E-state index in [2.05, 4.69) is 34.3 Å². The Labute approximate surface area is 138 Å². The summed E-state index contributed by atoms with van der Waals surface area (Å²) >= 11 is 0. The first-order chi connectivity index (χ1) is 10.8. The molecule has 2 rings (SSSR count). The quantitative estimate of drug-likeness (QED) is 0.637. The molecule has 0 atom stereocenters. The summed E-state index contributed by atoms with van der Waals surface area (Å²) in [6, 6.07) is 1.45. The number of piperidine rings is 2. The second kappa shape index (κ2) is 10.6. The molecule has 2 fully saturated rings. The molecule has 0 aromatic heterocycles. The van der Waals surface area contributed by atoms with Crippen molar-refractivity contribution in [1.82, 2.24) is 20.4 Å². The summed E-state index contributed by atoms with van der Waals surface area (Å²) in [5.74, 6) is 0. The van der Waals surface area contributed by atoms with E-state index in [-0.39, 0.29) is 0 Å². The molecule has 2 heterocycles. The Kier molecular flexibility index (Phi) is 8.75. The molecule has 0 aromatic rings. The average Bonchev–Trinajstić information content (AvgIpc) is 2.55. The van der Waals surface area contributed by atoms with Gasteiger partial charge in [-0.15, -0.1) is 0 Å². The Hall–Kier alpha value is -0.160. The van der Waals surface area contributed by atoms with Gasteiger partial charge in [-0.3, -0.25) is 0 Å². The molecule has 4 nitrogen and oxygen atoms in total. The summed E-state index contributed by atoms with van der Waals surface area (Å²) in [4.78, 5) is 5.23. The fourth-order valence-electron chi connectivity index (χ4n) is 3.72. The lowest BCUT2D eigenvalue weighted by molar-refractivity contribution is 0.161. The molecule has 0 aromatic carbocycles. The Morgan fingerprint density at radius 2 is 1.64 bits per heavy atom. The maximum absolute atomic E-state index is 3.72. The van der Waals surface area contributed by atoms with Crippen molar-refractivity contribution < 1.29 is 0 Å². The van der Waals surface area contributed by atoms with Gasteiger partial charge in [-0.2, -0.15) is 0 Å². The number of likely N-dealkylation sites (tertiary alicyclic amines) is 2. The third kappa shape index (κ3) is 6.95. The van der Waals surface area contributed by atoms with Crippen molar-refractivity contribution >= 4 is 0 Å². The van der Waals surface area contributed by atoms with Crippen LogP contribution in [0.5, 0.6) is 0 Å². The molecule has 0 spiro atoms. The van der Waals surface area contributed by atoms with E-state index in [9.17, 15) is 0 Å². The van der Waals surface area contributed by atoms with Gasteiger partial charge in [-0.25, -0.2) is 0 Å². The van der Waals surface area contributed by atoms with Gasteiger partial charge in [0.2, 0.25) is 0 Å². The highest BCUT2D eigenvalue weighted by Gasteiger charge is 2.19. The lowest BCUT2D eigenvalue weighted by Crippen LogP contribution is -2.46. The Morgan fingerprint density at radius 3 is 2.32 bits per heavy atom. The van der Waals surface area contributed by atoms with E-state index in [1.807, 2.05) is 0 Å². The van der Waals surface area contributed by atoms with Crippen LogP contribution < -0.4 is 10.6 Å². The van der Waals surface area contributed by atoms with E-state index in [0.29, 0.717) is 6.04 Å². The smallest absolute Gasteiger partial charge is 0.00919 e. The summed E-state index contributed by atoms with van der Waals surface area (Å²) in [6.45, 7) is 14.5. The molecule has 2 N–H and O–H groups in total. The largest absolute Gasteiger partial charge is 0.315 e. The van der Waals surface area contributed by atoms with E-state index in [1.54, 1.807) is 0 Å². The maximum atomic E-state index is 3.72. The molecule has 2 saturated heterocycles. The van der Waals surface area contributed by atoms with Crippen LogP contribution in [-0.4, -0.2) is 74.2 Å². The minimum absolute atomic E-state index is 0.711. The maximum Gasteiger partial charge on any atom is 0.00919 e. The molecule has 0 radical (unpaired) electrons. The van der Waals surface area contributed by atoms with Crippen LogP contribution in [0.2, 0.25) is 0 Å². The fourth-order valence-corrected chi connectivity index (χ4v) is 3.72. The summed E-state index contributed by atoms with van der Waals surface area (Å²) in [7, 11) is 0. The fraction of sp³-hybridized carbons (Fsp3) is 1.00. The lowest BCUT2D eigenvalue weighted by Gasteiger charge is -2.35. The van der Waals surface area contributed by atoms with Gasteiger partial charge in [0.25, 0.3) is 0 Å². The number of nitrogens with one attached hydrogen (secondary N) is 2. The van der Waals surface area contributed by atoms with Crippen LogP contribution in [0.3, 0.4) is 0 Å². The molecule has 0 aliphatic carbocycles. The van der Waals surface area contributed by atoms with Crippen molar-refractivity contribution in [2.24, 2.45) is 0 Å². The van der Waals surface area contributed by atoms with Gasteiger partial charge in [0.05, 0.1) is 0 Å². The molecular formula is C18H38N4. The zero-order valence-electron chi connectivity index (χ0n) is 14.9. The predicted molar refractivity (Wildman–Crippen MR) is 95.5 cm³/mol. The summed E-state index contributed by atoms with van der Waals surface area (Å²) in [6.07, 6.45) is 8.18. The van der Waals surface area contributed by atoms with E-state index in [0.717, 1.165) is 19.1 Å². The van der Waals surface area contributed by atoms with E-state index < -0.39 is 0 Å². The van der Waals surface area contributed by atoms with Crippen molar-refractivity contribution in [3.8, 4) is 0 Å². The van der Waals surface area contributed by atoms with E-state index >= 15 is 0 Å². The summed E-state index contributed by atoms with van der Waals surface area (Å²) in [5, 5.41) is 7.31. The van der Waals surface area contributed by atoms with Crippen LogP contribution in [-0.2, 0) is 0 Å². The lowest BCUT2D eigenvalue weighted by atomic mass is 10.0. The SMILES string of the molecule is CC(C)N1CCC(NCCNCCCN2CCCCC2)CC1. The number of hydrogen-bond acceptors (Lipinski definition) is 4. The van der Waals surface area contributed by atoms with Crippen molar-refractivity contribution in [2.75, 3.05) is 52.4 Å². The molecule has 2 aliphatic rings. The van der Waals surface area contributed by atoms with Crippen molar-refractivity contribution in [1.29, 1.82) is 0 Å². The number of hydrogen-bond donors (Lipinski definition) is 2. The first-order valence-corrected chi connectivity index (χ1v) is 9.66. The Balaban J connectivity index is 1.38. The van der Waals surface area contributed by atoms with Gasteiger partial charge < -0.3 is 20.4 Å². The molecule has 0 unspecified atom stereocenters. The van der Waals surface area contributed by atoms with Crippen molar-refractivity contribution in [3.63, 3.8) is 0 Å². The second-order valence-electron chi connectivity index (χ2n) is 7.36. The van der Waals surface area contributed by atoms with Crippen LogP contribution in [0, 0.1) is 0 Å². The zero-order valence-corrected chi connectivity index (χ0v) is 14.9. The standard InChI is InChI=1S/C18H38N4/c1-17(2)22-15-7-18(8-16-22)20-11-10-19-9-6-14-21-12-4-3-5-13-21/h17-20H,3-16H2,1-2H3. The van der Waals surface area contributed by atoms with Gasteiger partial charge in [-0.1, -0.05) is 6.42 Å². The molecule has 4 heteroatoms. The first-order valence-electron chi connectivity index (χ1n) is 9.66. The minimum atomic E-state index is 0.711. The minimum Gasteiger partial charge on any atom is -0.315 e. The van der Waals surface area contributed by atoms with Crippen LogP contribution in [0.15, 0.2) is 0 Å². The number of rotatable bonds is 9. The third-order valence-electron chi connectivity index (χ3n) is 5.27. The average molecular weight is 311 g/mol. The molecule has 22 heavy (non-hydrogen) atoms. The summed E-state index contributed by atoms with van der Waals surface area (Å²) in [5.41, 5.74) is 0. The van der Waals surface area contributed by atoms with Gasteiger partial charge >= 0.3 is 0 Å². The van der Waals surface area contributed by atoms with Gasteiger partial charge in [0, 0.05) is 25.2 Å².